The predicted molar refractivity (Wildman–Crippen MR) is 51.1 cm³/mol. The fourth-order valence-electron chi connectivity index (χ4n) is 0.768. The van der Waals surface area contributed by atoms with Gasteiger partial charge in [-0.05, 0) is 0 Å². The van der Waals surface area contributed by atoms with Gasteiger partial charge < -0.3 is 10.2 Å². The number of carboxylic acid groups (broad SMARTS) is 1. The van der Waals surface area contributed by atoms with Crippen molar-refractivity contribution in [2.45, 2.75) is 6.42 Å². The van der Waals surface area contributed by atoms with Crippen molar-refractivity contribution < 1.29 is 19.8 Å². The Morgan fingerprint density at radius 3 is 2.71 bits per heavy atom. The summed E-state index contributed by atoms with van der Waals surface area (Å²) < 4.78 is 0. The molecule has 0 aromatic carbocycles. The molecule has 0 unspecified atom stereocenters. The summed E-state index contributed by atoms with van der Waals surface area (Å²) in [6.07, 6.45) is 4.99. The number of rotatable bonds is 2. The Morgan fingerprint density at radius 2 is 2.21 bits per heavy atom. The Balaban J connectivity index is 0.000000791. The van der Waals surface area contributed by atoms with Gasteiger partial charge in [-0.25, -0.2) is 4.79 Å². The molecule has 14 heavy (non-hydrogen) atoms. The van der Waals surface area contributed by atoms with E-state index in [-0.39, 0.29) is 12.0 Å². The van der Waals surface area contributed by atoms with Gasteiger partial charge in [0.2, 0.25) is 0 Å². The Labute approximate surface area is 81.1 Å². The van der Waals surface area contributed by atoms with Gasteiger partial charge in [0.05, 0.1) is 5.57 Å². The van der Waals surface area contributed by atoms with E-state index in [0.29, 0.717) is 11.9 Å². The average Bonchev–Trinajstić information content (AvgIpc) is 2.45. The summed E-state index contributed by atoms with van der Waals surface area (Å²) in [5.74, 6) is -1.00. The number of carbonyl (C=O) groups is 2. The lowest BCUT2D eigenvalue weighted by atomic mass is 10.1. The van der Waals surface area contributed by atoms with Crippen molar-refractivity contribution in [3.63, 3.8) is 0 Å². The SMILES string of the molecule is CO.O=CC1=CCC(C(=O)O)=CN=C1. The Hall–Kier alpha value is -1.75. The molecule has 5 nitrogen and oxygen atoms in total. The van der Waals surface area contributed by atoms with Crippen LogP contribution in [0.1, 0.15) is 6.42 Å². The van der Waals surface area contributed by atoms with Crippen LogP contribution in [0.4, 0.5) is 0 Å². The summed E-state index contributed by atoms with van der Waals surface area (Å²) in [7, 11) is 1.00. The molecule has 0 atom stereocenters. The second-order valence-electron chi connectivity index (χ2n) is 2.26. The highest BCUT2D eigenvalue weighted by molar-refractivity contribution is 6.03. The number of aldehydes is 1. The lowest BCUT2D eigenvalue weighted by Crippen LogP contribution is -1.98. The lowest BCUT2D eigenvalue weighted by Gasteiger charge is -1.92. The molecular weight excluding hydrogens is 186 g/mol. The first kappa shape index (κ1) is 12.2. The molecule has 0 aliphatic carbocycles. The number of nitrogens with zero attached hydrogens (tertiary/aromatic N) is 1. The van der Waals surface area contributed by atoms with Crippen LogP contribution in [0, 0.1) is 0 Å². The third kappa shape index (κ3) is 3.77. The molecule has 1 rings (SSSR count). The van der Waals surface area contributed by atoms with Gasteiger partial charge in [-0.1, -0.05) is 6.08 Å². The molecule has 5 heteroatoms. The smallest absolute Gasteiger partial charge is 0.333 e. The number of aliphatic hydroxyl groups excluding tert-OH is 1. The van der Waals surface area contributed by atoms with Crippen molar-refractivity contribution in [1.82, 2.24) is 0 Å². The third-order valence-electron chi connectivity index (χ3n) is 1.42. The Morgan fingerprint density at radius 1 is 1.57 bits per heavy atom. The zero-order valence-corrected chi connectivity index (χ0v) is 7.67. The molecule has 0 spiro atoms. The number of aliphatic hydroxyl groups is 1. The molecule has 0 aromatic heterocycles. The summed E-state index contributed by atoms with van der Waals surface area (Å²) in [4.78, 5) is 24.4. The quantitative estimate of drug-likeness (QED) is 0.617. The molecule has 0 fully saturated rings. The Bertz CT molecular complexity index is 302. The zero-order valence-electron chi connectivity index (χ0n) is 7.67. The molecule has 0 saturated carbocycles. The summed E-state index contributed by atoms with van der Waals surface area (Å²) >= 11 is 0. The highest BCUT2D eigenvalue weighted by Crippen LogP contribution is 2.07. The second kappa shape index (κ2) is 6.73. The number of allylic oxidation sites excluding steroid dienone is 2. The minimum atomic E-state index is -1.00. The summed E-state index contributed by atoms with van der Waals surface area (Å²) in [5.41, 5.74) is 0.589. The normalized spacial score (nSPS) is 14.1. The van der Waals surface area contributed by atoms with Crippen LogP contribution in [0.5, 0.6) is 0 Å². The Kier molecular flexibility index (Phi) is 5.89. The van der Waals surface area contributed by atoms with Gasteiger partial charge >= 0.3 is 5.97 Å². The third-order valence-corrected chi connectivity index (χ3v) is 1.42. The molecule has 1 aliphatic heterocycles. The first-order valence-electron chi connectivity index (χ1n) is 3.79. The maximum absolute atomic E-state index is 10.4. The fourth-order valence-corrected chi connectivity index (χ4v) is 0.768. The number of aliphatic imine (C=N–C) groups is 1. The number of carboxylic acids is 1. The fraction of sp³-hybridized carbons (Fsp3) is 0.222. The first-order chi connectivity index (χ1) is 6.74. The van der Waals surface area contributed by atoms with Gasteiger partial charge in [0.1, 0.15) is 0 Å². The van der Waals surface area contributed by atoms with Crippen LogP contribution in [0.15, 0.2) is 28.4 Å². The van der Waals surface area contributed by atoms with Crippen LogP contribution in [-0.2, 0) is 9.59 Å². The summed E-state index contributed by atoms with van der Waals surface area (Å²) in [6, 6.07) is 0. The zero-order chi connectivity index (χ0) is 11.0. The van der Waals surface area contributed by atoms with Crippen LogP contribution in [0.25, 0.3) is 0 Å². The van der Waals surface area contributed by atoms with Crippen LogP contribution in [-0.4, -0.2) is 35.8 Å². The van der Waals surface area contributed by atoms with Crippen LogP contribution < -0.4 is 0 Å². The molecule has 0 amide bonds. The maximum Gasteiger partial charge on any atom is 0.333 e. The molecule has 0 aromatic rings. The van der Waals surface area contributed by atoms with Crippen molar-refractivity contribution in [1.29, 1.82) is 0 Å². The predicted octanol–water partition coefficient (Wildman–Crippen LogP) is 0.163. The van der Waals surface area contributed by atoms with Gasteiger partial charge in [-0.2, -0.15) is 0 Å². The number of aliphatic carboxylic acids is 1. The van der Waals surface area contributed by atoms with Crippen molar-refractivity contribution in [3.8, 4) is 0 Å². The number of hydrogen-bond donors (Lipinski definition) is 2. The van der Waals surface area contributed by atoms with E-state index in [1.54, 1.807) is 0 Å². The van der Waals surface area contributed by atoms with E-state index >= 15 is 0 Å². The number of hydrogen-bond acceptors (Lipinski definition) is 4. The monoisotopic (exact) mass is 197 g/mol. The highest BCUT2D eigenvalue weighted by atomic mass is 16.4. The van der Waals surface area contributed by atoms with Gasteiger partial charge in [0.15, 0.2) is 6.29 Å². The molecule has 0 radical (unpaired) electrons. The first-order valence-corrected chi connectivity index (χ1v) is 3.79. The van der Waals surface area contributed by atoms with Crippen molar-refractivity contribution in [3.05, 3.63) is 23.4 Å². The minimum absolute atomic E-state index is 0.183. The highest BCUT2D eigenvalue weighted by Gasteiger charge is 2.06. The maximum atomic E-state index is 10.4. The van der Waals surface area contributed by atoms with Crippen molar-refractivity contribution >= 4 is 18.5 Å². The molecule has 1 heterocycles. The van der Waals surface area contributed by atoms with Gasteiger partial charge in [0.25, 0.3) is 0 Å². The summed E-state index contributed by atoms with van der Waals surface area (Å²) in [6.45, 7) is 0. The van der Waals surface area contributed by atoms with E-state index < -0.39 is 5.97 Å². The van der Waals surface area contributed by atoms with Gasteiger partial charge in [-0.15, -0.1) is 0 Å². The molecule has 0 saturated heterocycles. The molecule has 1 aliphatic rings. The van der Waals surface area contributed by atoms with Crippen molar-refractivity contribution in [2.24, 2.45) is 4.99 Å². The molecule has 76 valence electrons. The van der Waals surface area contributed by atoms with E-state index in [2.05, 4.69) is 4.99 Å². The summed E-state index contributed by atoms with van der Waals surface area (Å²) in [5, 5.41) is 15.6. The van der Waals surface area contributed by atoms with Crippen molar-refractivity contribution in [2.75, 3.05) is 7.11 Å². The number of carbonyl (C=O) groups excluding carboxylic acids is 1. The standard InChI is InChI=1S/C8H7NO3.CH4O/c10-5-6-1-2-7(8(11)12)4-9-3-6;1-2/h1,3-5H,2H2,(H,11,12);2H,1H3. The van der Waals surface area contributed by atoms with E-state index in [1.165, 1.54) is 18.5 Å². The minimum Gasteiger partial charge on any atom is -0.478 e. The topological polar surface area (TPSA) is 87.0 Å². The second-order valence-corrected chi connectivity index (χ2v) is 2.26. The van der Waals surface area contributed by atoms with E-state index in [4.69, 9.17) is 10.2 Å². The van der Waals surface area contributed by atoms with Gasteiger partial charge in [0, 0.05) is 31.5 Å². The van der Waals surface area contributed by atoms with E-state index in [1.807, 2.05) is 0 Å². The van der Waals surface area contributed by atoms with Crippen LogP contribution in [0.3, 0.4) is 0 Å². The van der Waals surface area contributed by atoms with E-state index in [9.17, 15) is 9.59 Å². The van der Waals surface area contributed by atoms with E-state index in [0.717, 1.165) is 7.11 Å². The lowest BCUT2D eigenvalue weighted by molar-refractivity contribution is -0.132. The van der Waals surface area contributed by atoms with Gasteiger partial charge in [-0.3, -0.25) is 9.79 Å². The van der Waals surface area contributed by atoms with Crippen LogP contribution in [0.2, 0.25) is 0 Å². The average molecular weight is 197 g/mol. The molecule has 0 bridgehead atoms. The molecular formula is C9H11NO4. The molecule has 2 N–H and O–H groups in total. The van der Waals surface area contributed by atoms with Crippen LogP contribution >= 0.6 is 0 Å². The largest absolute Gasteiger partial charge is 0.478 e.